The fourth-order valence-electron chi connectivity index (χ4n) is 4.09. The molecule has 0 saturated carbocycles. The molecule has 0 aromatic rings. The Balaban J connectivity index is 0. The zero-order valence-corrected chi connectivity index (χ0v) is 21.3. The van der Waals surface area contributed by atoms with Crippen molar-refractivity contribution in [2.45, 2.75) is 131 Å². The van der Waals surface area contributed by atoms with Crippen molar-refractivity contribution < 1.29 is 31.0 Å². The lowest BCUT2D eigenvalue weighted by Crippen LogP contribution is -3.00. The molecule has 3 nitrogen and oxygen atoms in total. The molecule has 0 saturated heterocycles. The van der Waals surface area contributed by atoms with E-state index in [1.165, 1.54) is 70.6 Å². The second kappa shape index (κ2) is 20.2. The van der Waals surface area contributed by atoms with Gasteiger partial charge in [-0.25, -0.2) is 0 Å². The van der Waals surface area contributed by atoms with Crippen LogP contribution in [0.3, 0.4) is 0 Å². The minimum atomic E-state index is -0.0283. The van der Waals surface area contributed by atoms with Gasteiger partial charge < -0.3 is 21.7 Å². The van der Waals surface area contributed by atoms with Crippen LogP contribution in [0.5, 0.6) is 0 Å². The second-order valence-electron chi connectivity index (χ2n) is 8.25. The van der Waals surface area contributed by atoms with Crippen LogP contribution in [0, 0.1) is 0 Å². The number of carbonyl (C=O) groups is 1. The molecule has 0 N–H and O–H groups in total. The first-order chi connectivity index (χ1) is 13.1. The Labute approximate surface area is 187 Å². The molecule has 1 atom stereocenters. The molecule has 0 heterocycles. The summed E-state index contributed by atoms with van der Waals surface area (Å²) < 4.78 is 6.59. The van der Waals surface area contributed by atoms with E-state index in [4.69, 9.17) is 4.74 Å². The summed E-state index contributed by atoms with van der Waals surface area (Å²) in [7, 11) is 0. The normalized spacial score (nSPS) is 12.5. The van der Waals surface area contributed by atoms with Gasteiger partial charge in [-0.1, -0.05) is 84.0 Å². The van der Waals surface area contributed by atoms with Crippen molar-refractivity contribution in [1.29, 1.82) is 0 Å². The minimum Gasteiger partial charge on any atom is -1.00 e. The van der Waals surface area contributed by atoms with Crippen molar-refractivity contribution in [2.75, 3.05) is 19.6 Å². The maximum atomic E-state index is 12.1. The molecular weight excluding hydrogens is 414 g/mol. The van der Waals surface area contributed by atoms with Crippen LogP contribution in [0.15, 0.2) is 0 Å². The molecular formula is C24H50BrNO2. The van der Waals surface area contributed by atoms with E-state index in [0.717, 1.165) is 37.0 Å². The van der Waals surface area contributed by atoms with Crippen molar-refractivity contribution in [3.63, 3.8) is 0 Å². The van der Waals surface area contributed by atoms with E-state index in [0.29, 0.717) is 6.42 Å². The lowest BCUT2D eigenvalue weighted by Gasteiger charge is -2.40. The van der Waals surface area contributed by atoms with Crippen LogP contribution in [-0.2, 0) is 9.53 Å². The zero-order chi connectivity index (χ0) is 20.4. The van der Waals surface area contributed by atoms with Crippen LogP contribution in [0.25, 0.3) is 0 Å². The Bertz CT molecular complexity index is 337. The molecule has 170 valence electrons. The van der Waals surface area contributed by atoms with Gasteiger partial charge in [0.2, 0.25) is 6.23 Å². The SMILES string of the molecule is CCCCCCCCCCCCCCCC(=O)OC(C)[N+](CC)(CC)CC.[Br-]. The Kier molecular flexibility index (Phi) is 21.7. The van der Waals surface area contributed by atoms with E-state index in [-0.39, 0.29) is 29.2 Å². The summed E-state index contributed by atoms with van der Waals surface area (Å²) in [5.74, 6) is -0.0107. The third kappa shape index (κ3) is 14.0. The smallest absolute Gasteiger partial charge is 0.310 e. The Morgan fingerprint density at radius 3 is 1.39 bits per heavy atom. The first-order valence-electron chi connectivity index (χ1n) is 12.1. The molecule has 0 aromatic carbocycles. The molecule has 0 aliphatic heterocycles. The summed E-state index contributed by atoms with van der Waals surface area (Å²) in [5, 5.41) is 0. The number of halogens is 1. The predicted octanol–water partition coefficient (Wildman–Crippen LogP) is 4.24. The third-order valence-corrected chi connectivity index (χ3v) is 6.45. The number of nitrogens with zero attached hydrogens (tertiary/aromatic N) is 1. The van der Waals surface area contributed by atoms with Gasteiger partial charge in [-0.05, 0) is 27.2 Å². The van der Waals surface area contributed by atoms with Crippen molar-refractivity contribution in [3.05, 3.63) is 0 Å². The monoisotopic (exact) mass is 463 g/mol. The lowest BCUT2D eigenvalue weighted by atomic mass is 10.0. The van der Waals surface area contributed by atoms with E-state index >= 15 is 0 Å². The fraction of sp³-hybridized carbons (Fsp3) is 0.958. The zero-order valence-electron chi connectivity index (χ0n) is 19.7. The van der Waals surface area contributed by atoms with Gasteiger partial charge in [0.05, 0.1) is 19.6 Å². The fourth-order valence-corrected chi connectivity index (χ4v) is 4.09. The number of carbonyl (C=O) groups excluding carboxylic acids is 1. The molecule has 0 fully saturated rings. The highest BCUT2D eigenvalue weighted by atomic mass is 79.9. The highest BCUT2D eigenvalue weighted by molar-refractivity contribution is 5.69. The topological polar surface area (TPSA) is 26.3 Å². The van der Waals surface area contributed by atoms with Crippen LogP contribution in [-0.4, -0.2) is 36.3 Å². The summed E-state index contributed by atoms with van der Waals surface area (Å²) >= 11 is 0. The Morgan fingerprint density at radius 2 is 1.04 bits per heavy atom. The summed E-state index contributed by atoms with van der Waals surface area (Å²) in [6.45, 7) is 13.9. The Hall–Kier alpha value is -0.0900. The maximum absolute atomic E-state index is 12.1. The number of rotatable bonds is 19. The van der Waals surface area contributed by atoms with Crippen LogP contribution >= 0.6 is 0 Å². The van der Waals surface area contributed by atoms with Crippen molar-refractivity contribution >= 4 is 5.97 Å². The number of esters is 1. The van der Waals surface area contributed by atoms with E-state index < -0.39 is 0 Å². The largest absolute Gasteiger partial charge is 1.00 e. The van der Waals surface area contributed by atoms with Gasteiger partial charge in [0.1, 0.15) is 0 Å². The number of quaternary nitrogens is 1. The second-order valence-corrected chi connectivity index (χ2v) is 8.25. The predicted molar refractivity (Wildman–Crippen MR) is 118 cm³/mol. The number of ether oxygens (including phenoxy) is 1. The summed E-state index contributed by atoms with van der Waals surface area (Å²) in [4.78, 5) is 12.1. The number of hydrogen-bond acceptors (Lipinski definition) is 2. The van der Waals surface area contributed by atoms with Gasteiger partial charge in [-0.3, -0.25) is 9.28 Å². The average molecular weight is 465 g/mol. The molecule has 0 rings (SSSR count). The van der Waals surface area contributed by atoms with Gasteiger partial charge in [0.25, 0.3) is 0 Å². The van der Waals surface area contributed by atoms with E-state index in [1.807, 2.05) is 0 Å². The van der Waals surface area contributed by atoms with Gasteiger partial charge >= 0.3 is 5.97 Å². The van der Waals surface area contributed by atoms with E-state index in [1.54, 1.807) is 0 Å². The van der Waals surface area contributed by atoms with E-state index in [2.05, 4.69) is 34.6 Å². The molecule has 0 aromatic heterocycles. The maximum Gasteiger partial charge on any atom is 0.310 e. The number of hydrogen-bond donors (Lipinski definition) is 0. The van der Waals surface area contributed by atoms with Crippen molar-refractivity contribution in [2.24, 2.45) is 0 Å². The minimum absolute atomic E-state index is 0. The summed E-state index contributed by atoms with van der Waals surface area (Å²) in [5.41, 5.74) is 0. The highest BCUT2D eigenvalue weighted by Crippen LogP contribution is 2.16. The third-order valence-electron chi connectivity index (χ3n) is 6.45. The molecule has 4 heteroatoms. The molecule has 1 unspecified atom stereocenters. The molecule has 0 spiro atoms. The molecule has 0 bridgehead atoms. The quantitative estimate of drug-likeness (QED) is 0.124. The van der Waals surface area contributed by atoms with Crippen LogP contribution in [0.1, 0.15) is 125 Å². The van der Waals surface area contributed by atoms with Crippen LogP contribution in [0.4, 0.5) is 0 Å². The molecule has 28 heavy (non-hydrogen) atoms. The van der Waals surface area contributed by atoms with Crippen LogP contribution in [0.2, 0.25) is 0 Å². The standard InChI is InChI=1S/C24H50NO2.BrH/c1-6-10-11-12-13-14-15-16-17-18-19-20-21-22-24(26)27-23(5)25(7-2,8-3)9-4;/h23H,6-22H2,1-5H3;1H/q+1;/p-1. The average Bonchev–Trinajstić information content (AvgIpc) is 2.67. The molecule has 0 radical (unpaired) electrons. The lowest BCUT2D eigenvalue weighted by molar-refractivity contribution is -0.963. The van der Waals surface area contributed by atoms with Gasteiger partial charge in [-0.15, -0.1) is 0 Å². The Morgan fingerprint density at radius 1 is 0.679 bits per heavy atom. The van der Waals surface area contributed by atoms with Crippen LogP contribution < -0.4 is 17.0 Å². The first kappa shape index (κ1) is 30.1. The first-order valence-corrected chi connectivity index (χ1v) is 12.1. The van der Waals surface area contributed by atoms with Crippen molar-refractivity contribution in [3.8, 4) is 0 Å². The molecule has 0 amide bonds. The van der Waals surface area contributed by atoms with E-state index in [9.17, 15) is 4.79 Å². The summed E-state index contributed by atoms with van der Waals surface area (Å²) in [6.07, 6.45) is 17.9. The summed E-state index contributed by atoms with van der Waals surface area (Å²) in [6, 6.07) is 0. The molecule has 0 aliphatic rings. The van der Waals surface area contributed by atoms with Gasteiger partial charge in [0, 0.05) is 13.3 Å². The van der Waals surface area contributed by atoms with Crippen molar-refractivity contribution in [1.82, 2.24) is 0 Å². The highest BCUT2D eigenvalue weighted by Gasteiger charge is 2.31. The van der Waals surface area contributed by atoms with Gasteiger partial charge in [0.15, 0.2) is 0 Å². The molecule has 0 aliphatic carbocycles. The van der Waals surface area contributed by atoms with Gasteiger partial charge in [-0.2, -0.15) is 0 Å². The number of unbranched alkanes of at least 4 members (excludes halogenated alkanes) is 12.